The Balaban J connectivity index is 1.34. The molecule has 0 bridgehead atoms. The maximum Gasteiger partial charge on any atom is 0.213 e. The molecule has 3 aromatic rings. The standard InChI is InChI=1S/C35H44N/c1-23-8-7-9-27-20-30-28(32(23)27)11-10-24(2)33(30)31-21-29(25(3)22-36(31)6)26-12-14-35(15-13-26)18-16-34(4,5)17-19-35/h7-11,21-22,26H,12-20H2,1-6H3/q+1. The van der Waals surface area contributed by atoms with Gasteiger partial charge in [-0.05, 0) is 134 Å². The summed E-state index contributed by atoms with van der Waals surface area (Å²) in [6.07, 6.45) is 14.8. The molecule has 1 nitrogen and oxygen atoms in total. The largest absolute Gasteiger partial charge is 0.213 e. The lowest BCUT2D eigenvalue weighted by Crippen LogP contribution is -2.35. The fourth-order valence-corrected chi connectivity index (χ4v) is 7.98. The van der Waals surface area contributed by atoms with E-state index >= 15 is 0 Å². The van der Waals surface area contributed by atoms with Crippen molar-refractivity contribution in [2.24, 2.45) is 17.9 Å². The molecule has 2 saturated carbocycles. The fraction of sp³-hybridized carbons (Fsp3) is 0.514. The Hall–Kier alpha value is -2.41. The summed E-state index contributed by atoms with van der Waals surface area (Å²) in [7, 11) is 2.25. The minimum Gasteiger partial charge on any atom is -0.201 e. The van der Waals surface area contributed by atoms with Gasteiger partial charge in [-0.25, -0.2) is 4.57 Å². The molecule has 1 aromatic heterocycles. The number of nitrogens with zero attached hydrogens (tertiary/aromatic N) is 1. The Morgan fingerprint density at radius 2 is 1.47 bits per heavy atom. The average Bonchev–Trinajstić information content (AvgIpc) is 3.23. The highest BCUT2D eigenvalue weighted by molar-refractivity contribution is 5.86. The lowest BCUT2D eigenvalue weighted by Gasteiger charge is -2.47. The third-order valence-corrected chi connectivity index (χ3v) is 10.4. The molecule has 0 unspecified atom stereocenters. The molecule has 0 radical (unpaired) electrons. The number of aromatic nitrogens is 1. The van der Waals surface area contributed by atoms with E-state index in [4.69, 9.17) is 0 Å². The number of rotatable bonds is 2. The van der Waals surface area contributed by atoms with Crippen LogP contribution in [0, 0.1) is 31.6 Å². The molecule has 1 heteroatoms. The van der Waals surface area contributed by atoms with E-state index in [1.54, 1.807) is 5.56 Å². The van der Waals surface area contributed by atoms with Gasteiger partial charge in [-0.3, -0.25) is 0 Å². The summed E-state index contributed by atoms with van der Waals surface area (Å²) >= 11 is 0. The predicted molar refractivity (Wildman–Crippen MR) is 151 cm³/mol. The molecule has 1 heterocycles. The van der Waals surface area contributed by atoms with Crippen molar-refractivity contribution < 1.29 is 4.57 Å². The molecule has 188 valence electrons. The molecule has 36 heavy (non-hydrogen) atoms. The molecule has 0 atom stereocenters. The van der Waals surface area contributed by atoms with Gasteiger partial charge in [0.15, 0.2) is 6.20 Å². The molecular formula is C35H44N+. The summed E-state index contributed by atoms with van der Waals surface area (Å²) in [4.78, 5) is 0. The van der Waals surface area contributed by atoms with Gasteiger partial charge in [-0.2, -0.15) is 0 Å². The third-order valence-electron chi connectivity index (χ3n) is 10.4. The van der Waals surface area contributed by atoms with E-state index in [-0.39, 0.29) is 0 Å². The molecule has 0 N–H and O–H groups in total. The summed E-state index contributed by atoms with van der Waals surface area (Å²) in [5.41, 5.74) is 15.9. The van der Waals surface area contributed by atoms with Crippen LogP contribution < -0.4 is 4.57 Å². The Morgan fingerprint density at radius 1 is 0.778 bits per heavy atom. The third kappa shape index (κ3) is 3.94. The smallest absolute Gasteiger partial charge is 0.201 e. The Bertz CT molecular complexity index is 1320. The number of pyridine rings is 1. The average molecular weight is 479 g/mol. The Kier molecular flexibility index (Phi) is 5.71. The molecule has 3 aliphatic rings. The molecule has 0 aliphatic heterocycles. The molecule has 1 spiro atoms. The second-order valence-corrected chi connectivity index (χ2v) is 13.4. The van der Waals surface area contributed by atoms with Crippen molar-refractivity contribution >= 4 is 0 Å². The maximum atomic E-state index is 2.58. The van der Waals surface area contributed by atoms with E-state index in [0.29, 0.717) is 16.7 Å². The van der Waals surface area contributed by atoms with Crippen molar-refractivity contribution in [3.8, 4) is 22.4 Å². The van der Waals surface area contributed by atoms with Gasteiger partial charge in [0.2, 0.25) is 5.69 Å². The lowest BCUT2D eigenvalue weighted by molar-refractivity contribution is -0.660. The van der Waals surface area contributed by atoms with Crippen molar-refractivity contribution in [3.05, 3.63) is 76.0 Å². The minimum absolute atomic E-state index is 0.563. The maximum absolute atomic E-state index is 2.58. The van der Waals surface area contributed by atoms with Crippen LogP contribution in [0.3, 0.4) is 0 Å². The molecule has 0 amide bonds. The van der Waals surface area contributed by atoms with Gasteiger partial charge in [0.05, 0.1) is 5.56 Å². The number of hydrogen-bond acceptors (Lipinski definition) is 0. The normalized spacial score (nSPS) is 20.4. The van der Waals surface area contributed by atoms with E-state index in [0.717, 1.165) is 6.42 Å². The highest BCUT2D eigenvalue weighted by atomic mass is 14.9. The second kappa shape index (κ2) is 8.57. The van der Waals surface area contributed by atoms with Crippen LogP contribution in [-0.4, -0.2) is 0 Å². The SMILES string of the molecule is Cc1c[n+](C)c(-c2c(C)ccc3c2Cc2cccc(C)c2-3)cc1C1CCC2(CC1)CCC(C)(C)CC2. The first-order chi connectivity index (χ1) is 17.2. The first kappa shape index (κ1) is 24.0. The zero-order valence-corrected chi connectivity index (χ0v) is 23.4. The van der Waals surface area contributed by atoms with Crippen molar-refractivity contribution in [2.45, 2.75) is 98.3 Å². The predicted octanol–water partition coefficient (Wildman–Crippen LogP) is 8.92. The van der Waals surface area contributed by atoms with Crippen molar-refractivity contribution in [1.82, 2.24) is 0 Å². The van der Waals surface area contributed by atoms with Crippen LogP contribution in [0.15, 0.2) is 42.6 Å². The van der Waals surface area contributed by atoms with Gasteiger partial charge in [0, 0.05) is 11.6 Å². The first-order valence-electron chi connectivity index (χ1n) is 14.4. The molecule has 2 fully saturated rings. The summed E-state index contributed by atoms with van der Waals surface area (Å²) in [5.74, 6) is 0.710. The minimum atomic E-state index is 0.563. The lowest BCUT2D eigenvalue weighted by atomic mass is 9.58. The quantitative estimate of drug-likeness (QED) is 0.253. The van der Waals surface area contributed by atoms with E-state index in [2.05, 4.69) is 88.8 Å². The number of hydrogen-bond donors (Lipinski definition) is 0. The van der Waals surface area contributed by atoms with E-state index in [1.165, 1.54) is 102 Å². The van der Waals surface area contributed by atoms with Gasteiger partial charge >= 0.3 is 0 Å². The summed E-state index contributed by atoms with van der Waals surface area (Å²) in [6, 6.07) is 14.1. The van der Waals surface area contributed by atoms with Crippen molar-refractivity contribution in [2.75, 3.05) is 0 Å². The molecule has 2 aromatic carbocycles. The van der Waals surface area contributed by atoms with Crippen LogP contribution in [0.5, 0.6) is 0 Å². The van der Waals surface area contributed by atoms with Crippen molar-refractivity contribution in [3.63, 3.8) is 0 Å². The van der Waals surface area contributed by atoms with Gasteiger partial charge in [0.25, 0.3) is 0 Å². The highest BCUT2D eigenvalue weighted by Crippen LogP contribution is 2.55. The van der Waals surface area contributed by atoms with Gasteiger partial charge in [0.1, 0.15) is 7.05 Å². The van der Waals surface area contributed by atoms with E-state index < -0.39 is 0 Å². The van der Waals surface area contributed by atoms with E-state index in [9.17, 15) is 0 Å². The van der Waals surface area contributed by atoms with Gasteiger partial charge in [-0.15, -0.1) is 0 Å². The first-order valence-corrected chi connectivity index (χ1v) is 14.4. The molecular weight excluding hydrogens is 434 g/mol. The monoisotopic (exact) mass is 478 g/mol. The van der Waals surface area contributed by atoms with Crippen LogP contribution >= 0.6 is 0 Å². The molecule has 3 aliphatic carbocycles. The highest BCUT2D eigenvalue weighted by Gasteiger charge is 2.41. The van der Waals surface area contributed by atoms with Crippen LogP contribution in [-0.2, 0) is 13.5 Å². The number of aryl methyl sites for hydroxylation is 4. The van der Waals surface area contributed by atoms with Crippen LogP contribution in [0.4, 0.5) is 0 Å². The van der Waals surface area contributed by atoms with Crippen LogP contribution in [0.25, 0.3) is 22.4 Å². The second-order valence-electron chi connectivity index (χ2n) is 13.4. The van der Waals surface area contributed by atoms with Crippen molar-refractivity contribution in [1.29, 1.82) is 0 Å². The van der Waals surface area contributed by atoms with Gasteiger partial charge in [-0.1, -0.05) is 44.2 Å². The van der Waals surface area contributed by atoms with Gasteiger partial charge < -0.3 is 0 Å². The molecule has 0 saturated heterocycles. The molecule has 6 rings (SSSR count). The van der Waals surface area contributed by atoms with Crippen LogP contribution in [0.1, 0.15) is 105 Å². The zero-order valence-electron chi connectivity index (χ0n) is 23.4. The number of fused-ring (bicyclic) bond motifs is 3. The fourth-order valence-electron chi connectivity index (χ4n) is 7.98. The van der Waals surface area contributed by atoms with Crippen LogP contribution in [0.2, 0.25) is 0 Å². The van der Waals surface area contributed by atoms with E-state index in [1.807, 2.05) is 0 Å². The number of benzene rings is 2. The Labute approximate surface area is 219 Å². The zero-order chi connectivity index (χ0) is 25.2. The summed E-state index contributed by atoms with van der Waals surface area (Å²) < 4.78 is 2.39. The summed E-state index contributed by atoms with van der Waals surface area (Å²) in [5, 5.41) is 0. The summed E-state index contributed by atoms with van der Waals surface area (Å²) in [6.45, 7) is 11.9. The topological polar surface area (TPSA) is 3.88 Å². The Morgan fingerprint density at radius 3 is 2.19 bits per heavy atom.